The highest BCUT2D eigenvalue weighted by molar-refractivity contribution is 6.10. The van der Waals surface area contributed by atoms with E-state index in [-0.39, 0.29) is 5.78 Å². The molecule has 2 nitrogen and oxygen atoms in total. The largest absolute Gasteiger partial charge is 0.295 e. The number of hydrogen-bond donors (Lipinski definition) is 0. The van der Waals surface area contributed by atoms with Crippen molar-refractivity contribution in [1.29, 1.82) is 0 Å². The average molecular weight is 352 g/mol. The maximum Gasteiger partial charge on any atom is 0.163 e. The quantitative estimate of drug-likeness (QED) is 0.310. The third-order valence-corrected chi connectivity index (χ3v) is 5.09. The van der Waals surface area contributed by atoms with Gasteiger partial charge in [0.1, 0.15) is 0 Å². The van der Waals surface area contributed by atoms with Crippen LogP contribution in [0.2, 0.25) is 0 Å². The molecule has 0 atom stereocenters. The highest BCUT2D eigenvalue weighted by atomic mass is 16.1. The zero-order valence-electron chi connectivity index (χ0n) is 15.2. The number of aryl methyl sites for hydroxylation is 1. The number of carbonyl (C=O) groups is 2. The molecule has 0 fully saturated rings. The van der Waals surface area contributed by atoms with Crippen molar-refractivity contribution in [3.63, 3.8) is 0 Å². The Morgan fingerprint density at radius 2 is 1.41 bits per heavy atom. The minimum atomic E-state index is 0.111. The van der Waals surface area contributed by atoms with E-state index in [1.54, 1.807) is 6.92 Å². The first kappa shape index (κ1) is 17.2. The molecule has 0 unspecified atom stereocenters. The van der Waals surface area contributed by atoms with E-state index >= 15 is 0 Å². The summed E-state index contributed by atoms with van der Waals surface area (Å²) in [5, 5.41) is 4.73. The van der Waals surface area contributed by atoms with Crippen LogP contribution < -0.4 is 0 Å². The van der Waals surface area contributed by atoms with Crippen LogP contribution >= 0.6 is 0 Å². The van der Waals surface area contributed by atoms with Gasteiger partial charge in [0, 0.05) is 17.5 Å². The van der Waals surface area contributed by atoms with E-state index in [1.807, 2.05) is 54.6 Å². The van der Waals surface area contributed by atoms with Gasteiger partial charge >= 0.3 is 0 Å². The standard InChI is InChI=1S/C16H12O.C9H8O/c1-11(17)14-9-8-13-7-6-12-4-2-3-5-15(12)16(13)10-14;10-9-6-5-7-3-1-2-4-8(7)9/h2-10H,1H3;1-4H,5-6H2. The van der Waals surface area contributed by atoms with Crippen LogP contribution in [0.15, 0.2) is 78.9 Å². The van der Waals surface area contributed by atoms with Crippen LogP contribution in [0.1, 0.15) is 39.6 Å². The van der Waals surface area contributed by atoms with Gasteiger partial charge in [0.05, 0.1) is 0 Å². The molecular weight excluding hydrogens is 332 g/mol. The van der Waals surface area contributed by atoms with Crippen molar-refractivity contribution in [1.82, 2.24) is 0 Å². The minimum Gasteiger partial charge on any atom is -0.295 e. The van der Waals surface area contributed by atoms with Crippen molar-refractivity contribution >= 4 is 33.1 Å². The Bertz CT molecular complexity index is 1170. The van der Waals surface area contributed by atoms with Crippen molar-refractivity contribution < 1.29 is 9.59 Å². The first-order valence-electron chi connectivity index (χ1n) is 9.17. The molecule has 0 aromatic heterocycles. The normalized spacial score (nSPS) is 12.6. The van der Waals surface area contributed by atoms with E-state index in [0.717, 1.165) is 22.9 Å². The molecule has 1 aliphatic carbocycles. The first-order chi connectivity index (χ1) is 13.1. The summed E-state index contributed by atoms with van der Waals surface area (Å²) >= 11 is 0. The summed E-state index contributed by atoms with van der Waals surface area (Å²) in [6, 6.07) is 26.2. The Morgan fingerprint density at radius 1 is 0.741 bits per heavy atom. The molecule has 0 bridgehead atoms. The topological polar surface area (TPSA) is 34.1 Å². The fraction of sp³-hybridized carbons (Fsp3) is 0.120. The van der Waals surface area contributed by atoms with E-state index in [1.165, 1.54) is 21.7 Å². The van der Waals surface area contributed by atoms with Gasteiger partial charge in [0.15, 0.2) is 11.6 Å². The third kappa shape index (κ3) is 3.39. The van der Waals surface area contributed by atoms with Crippen LogP contribution in [0.4, 0.5) is 0 Å². The number of Topliss-reactive ketones (excluding diaryl/α,β-unsaturated/α-hetero) is 2. The summed E-state index contributed by atoms with van der Waals surface area (Å²) in [6.45, 7) is 1.60. The van der Waals surface area contributed by atoms with E-state index in [4.69, 9.17) is 0 Å². The summed E-state index contributed by atoms with van der Waals surface area (Å²) in [4.78, 5) is 22.5. The Hall–Kier alpha value is -3.26. The van der Waals surface area contributed by atoms with Crippen molar-refractivity contribution in [3.8, 4) is 0 Å². The minimum absolute atomic E-state index is 0.111. The average Bonchev–Trinajstić information content (AvgIpc) is 3.09. The predicted molar refractivity (Wildman–Crippen MR) is 111 cm³/mol. The Balaban J connectivity index is 0.000000153. The van der Waals surface area contributed by atoms with E-state index in [0.29, 0.717) is 12.2 Å². The van der Waals surface area contributed by atoms with Gasteiger partial charge in [-0.25, -0.2) is 0 Å². The van der Waals surface area contributed by atoms with E-state index in [9.17, 15) is 9.59 Å². The molecular formula is C25H20O2. The lowest BCUT2D eigenvalue weighted by Gasteiger charge is -2.05. The summed E-state index contributed by atoms with van der Waals surface area (Å²) < 4.78 is 0. The molecule has 0 heterocycles. The first-order valence-corrected chi connectivity index (χ1v) is 9.17. The smallest absolute Gasteiger partial charge is 0.163 e. The second kappa shape index (κ2) is 7.16. The molecule has 1 aliphatic rings. The molecule has 0 N–H and O–H groups in total. The molecule has 0 radical (unpaired) electrons. The molecule has 0 saturated heterocycles. The molecule has 4 aromatic carbocycles. The number of benzene rings is 4. The molecule has 0 amide bonds. The van der Waals surface area contributed by atoms with Crippen molar-refractivity contribution in [3.05, 3.63) is 95.6 Å². The fourth-order valence-corrected chi connectivity index (χ4v) is 3.61. The van der Waals surface area contributed by atoms with Crippen LogP contribution in [0.5, 0.6) is 0 Å². The van der Waals surface area contributed by atoms with Gasteiger partial charge in [-0.1, -0.05) is 72.8 Å². The second-order valence-electron chi connectivity index (χ2n) is 6.86. The van der Waals surface area contributed by atoms with Crippen molar-refractivity contribution in [2.24, 2.45) is 0 Å². The SMILES string of the molecule is CC(=O)c1ccc2ccc3ccccc3c2c1.O=C1CCc2ccccc21. The van der Waals surface area contributed by atoms with Crippen molar-refractivity contribution in [2.45, 2.75) is 19.8 Å². The van der Waals surface area contributed by atoms with Crippen LogP contribution in [0, 0.1) is 0 Å². The molecule has 27 heavy (non-hydrogen) atoms. The molecule has 0 saturated carbocycles. The highest BCUT2D eigenvalue weighted by Crippen LogP contribution is 2.26. The monoisotopic (exact) mass is 352 g/mol. The molecule has 4 aromatic rings. The number of fused-ring (bicyclic) bond motifs is 4. The van der Waals surface area contributed by atoms with Gasteiger partial charge in [-0.15, -0.1) is 0 Å². The third-order valence-electron chi connectivity index (χ3n) is 5.09. The van der Waals surface area contributed by atoms with Crippen LogP contribution in [-0.4, -0.2) is 11.6 Å². The predicted octanol–water partition coefficient (Wildman–Crippen LogP) is 6.01. The van der Waals surface area contributed by atoms with E-state index in [2.05, 4.69) is 24.3 Å². The fourth-order valence-electron chi connectivity index (χ4n) is 3.61. The lowest BCUT2D eigenvalue weighted by molar-refractivity contribution is 0.0991. The van der Waals surface area contributed by atoms with Gasteiger partial charge in [-0.3, -0.25) is 9.59 Å². The molecule has 2 heteroatoms. The number of rotatable bonds is 1. The van der Waals surface area contributed by atoms with Gasteiger partial charge in [0.2, 0.25) is 0 Å². The molecule has 132 valence electrons. The molecule has 0 spiro atoms. The molecule has 0 aliphatic heterocycles. The van der Waals surface area contributed by atoms with Crippen molar-refractivity contribution in [2.75, 3.05) is 0 Å². The summed E-state index contributed by atoms with van der Waals surface area (Å²) in [5.74, 6) is 0.412. The zero-order chi connectivity index (χ0) is 18.8. The summed E-state index contributed by atoms with van der Waals surface area (Å²) in [7, 11) is 0. The highest BCUT2D eigenvalue weighted by Gasteiger charge is 2.17. The Labute approximate surface area is 158 Å². The maximum absolute atomic E-state index is 11.4. The van der Waals surface area contributed by atoms with Crippen LogP contribution in [0.25, 0.3) is 21.5 Å². The van der Waals surface area contributed by atoms with Gasteiger partial charge < -0.3 is 0 Å². The zero-order valence-corrected chi connectivity index (χ0v) is 15.2. The van der Waals surface area contributed by atoms with Crippen LogP contribution in [-0.2, 0) is 6.42 Å². The second-order valence-corrected chi connectivity index (χ2v) is 6.86. The number of carbonyl (C=O) groups excluding carboxylic acids is 2. The number of hydrogen-bond acceptors (Lipinski definition) is 2. The van der Waals surface area contributed by atoms with Gasteiger partial charge in [-0.05, 0) is 46.5 Å². The van der Waals surface area contributed by atoms with E-state index < -0.39 is 0 Å². The number of ketones is 2. The summed E-state index contributed by atoms with van der Waals surface area (Å²) in [5.41, 5.74) is 2.92. The lowest BCUT2D eigenvalue weighted by Crippen LogP contribution is -1.91. The Morgan fingerprint density at radius 3 is 2.19 bits per heavy atom. The Kier molecular flexibility index (Phi) is 4.55. The van der Waals surface area contributed by atoms with Gasteiger partial charge in [-0.2, -0.15) is 0 Å². The lowest BCUT2D eigenvalue weighted by atomic mass is 9.99. The maximum atomic E-state index is 11.4. The molecule has 5 rings (SSSR count). The summed E-state index contributed by atoms with van der Waals surface area (Å²) in [6.07, 6.45) is 1.65. The van der Waals surface area contributed by atoms with Crippen LogP contribution in [0.3, 0.4) is 0 Å². The van der Waals surface area contributed by atoms with Gasteiger partial charge in [0.25, 0.3) is 0 Å².